The van der Waals surface area contributed by atoms with Crippen LogP contribution in [-0.2, 0) is 9.47 Å². The first kappa shape index (κ1) is 13.0. The van der Waals surface area contributed by atoms with Gasteiger partial charge in [-0.2, -0.15) is 0 Å². The molecule has 0 saturated carbocycles. The Hall–Kier alpha value is -0.0800. The van der Waals surface area contributed by atoms with Crippen molar-refractivity contribution in [1.82, 2.24) is 0 Å². The Morgan fingerprint density at radius 2 is 1.80 bits per heavy atom. The van der Waals surface area contributed by atoms with E-state index in [9.17, 15) is 0 Å². The molecule has 0 N–H and O–H groups in total. The van der Waals surface area contributed by atoms with E-state index in [4.69, 9.17) is 9.47 Å². The van der Waals surface area contributed by atoms with Crippen LogP contribution in [0.15, 0.2) is 0 Å². The predicted octanol–water partition coefficient (Wildman–Crippen LogP) is 3.60. The summed E-state index contributed by atoms with van der Waals surface area (Å²) in [5.41, 5.74) is 0.337. The molecule has 0 aromatic heterocycles. The summed E-state index contributed by atoms with van der Waals surface area (Å²) >= 11 is 0. The topological polar surface area (TPSA) is 18.5 Å². The summed E-state index contributed by atoms with van der Waals surface area (Å²) in [6.45, 7) is 13.2. The van der Waals surface area contributed by atoms with Crippen molar-refractivity contribution in [2.75, 3.05) is 0 Å². The maximum absolute atomic E-state index is 5.82. The van der Waals surface area contributed by atoms with Gasteiger partial charge in [0.25, 0.3) is 0 Å². The van der Waals surface area contributed by atoms with Gasteiger partial charge in [0.2, 0.25) is 0 Å². The zero-order valence-corrected chi connectivity index (χ0v) is 11.0. The molecule has 0 aromatic rings. The van der Waals surface area contributed by atoms with Crippen LogP contribution in [0.4, 0.5) is 0 Å². The first-order valence-corrected chi connectivity index (χ1v) is 6.09. The highest BCUT2D eigenvalue weighted by molar-refractivity contribution is 4.78. The molecular weight excluding hydrogens is 188 g/mol. The van der Waals surface area contributed by atoms with Gasteiger partial charge < -0.3 is 9.47 Å². The summed E-state index contributed by atoms with van der Waals surface area (Å²) in [6, 6.07) is 0. The lowest BCUT2D eigenvalue weighted by Gasteiger charge is -2.38. The molecule has 0 amide bonds. The highest BCUT2D eigenvalue weighted by Crippen LogP contribution is 2.31. The number of rotatable bonds is 2. The molecule has 0 spiro atoms. The minimum Gasteiger partial charge on any atom is -0.350 e. The van der Waals surface area contributed by atoms with Crippen molar-refractivity contribution >= 4 is 0 Å². The van der Waals surface area contributed by atoms with Gasteiger partial charge in [-0.1, -0.05) is 34.6 Å². The lowest BCUT2D eigenvalue weighted by Crippen LogP contribution is -2.40. The second-order valence-corrected chi connectivity index (χ2v) is 6.24. The molecule has 1 saturated heterocycles. The zero-order chi connectivity index (χ0) is 11.6. The summed E-state index contributed by atoms with van der Waals surface area (Å²) in [4.78, 5) is 0. The van der Waals surface area contributed by atoms with Crippen LogP contribution in [0.2, 0.25) is 0 Å². The second kappa shape index (κ2) is 4.84. The third-order valence-corrected chi connectivity index (χ3v) is 2.83. The van der Waals surface area contributed by atoms with Crippen molar-refractivity contribution in [1.29, 1.82) is 0 Å². The van der Waals surface area contributed by atoms with Crippen LogP contribution >= 0.6 is 0 Å². The van der Waals surface area contributed by atoms with Crippen LogP contribution in [0, 0.1) is 11.3 Å². The molecule has 0 aliphatic carbocycles. The lowest BCUT2D eigenvalue weighted by atomic mass is 9.86. The molecule has 1 rings (SSSR count). The molecule has 1 heterocycles. The van der Waals surface area contributed by atoms with Gasteiger partial charge in [-0.15, -0.1) is 0 Å². The van der Waals surface area contributed by atoms with E-state index in [0.717, 1.165) is 12.8 Å². The Bertz CT molecular complexity index is 193. The first-order chi connectivity index (χ1) is 6.78. The standard InChI is InChI=1S/C13H26O2/c1-9(2)12-7-11(8-13(4,5)6)14-10(3)15-12/h9-12H,7-8H2,1-6H3. The van der Waals surface area contributed by atoms with E-state index in [0.29, 0.717) is 23.5 Å². The molecule has 15 heavy (non-hydrogen) atoms. The fraction of sp³-hybridized carbons (Fsp3) is 1.00. The number of ether oxygens (including phenoxy) is 2. The van der Waals surface area contributed by atoms with Crippen LogP contribution in [-0.4, -0.2) is 18.5 Å². The minimum atomic E-state index is -0.0431. The van der Waals surface area contributed by atoms with E-state index in [2.05, 4.69) is 34.6 Å². The molecule has 0 radical (unpaired) electrons. The predicted molar refractivity (Wildman–Crippen MR) is 62.7 cm³/mol. The maximum atomic E-state index is 5.82. The first-order valence-electron chi connectivity index (χ1n) is 6.09. The van der Waals surface area contributed by atoms with Gasteiger partial charge in [-0.25, -0.2) is 0 Å². The van der Waals surface area contributed by atoms with Gasteiger partial charge in [0.1, 0.15) is 0 Å². The summed E-state index contributed by atoms with van der Waals surface area (Å²) in [6.07, 6.45) is 2.84. The highest BCUT2D eigenvalue weighted by atomic mass is 16.7. The van der Waals surface area contributed by atoms with Gasteiger partial charge in [0.15, 0.2) is 6.29 Å². The molecule has 0 aromatic carbocycles. The van der Waals surface area contributed by atoms with Crippen LogP contribution in [0.1, 0.15) is 54.4 Å². The largest absolute Gasteiger partial charge is 0.350 e. The third kappa shape index (κ3) is 4.52. The van der Waals surface area contributed by atoms with Gasteiger partial charge in [0, 0.05) is 6.42 Å². The van der Waals surface area contributed by atoms with E-state index in [1.54, 1.807) is 0 Å². The highest BCUT2D eigenvalue weighted by Gasteiger charge is 2.31. The summed E-state index contributed by atoms with van der Waals surface area (Å²) in [5.74, 6) is 0.582. The molecule has 2 heteroatoms. The Kier molecular flexibility index (Phi) is 4.19. The number of hydrogen-bond acceptors (Lipinski definition) is 2. The summed E-state index contributed by atoms with van der Waals surface area (Å²) in [7, 11) is 0. The number of hydrogen-bond donors (Lipinski definition) is 0. The van der Waals surface area contributed by atoms with Crippen LogP contribution < -0.4 is 0 Å². The maximum Gasteiger partial charge on any atom is 0.155 e. The molecule has 3 unspecified atom stereocenters. The van der Waals surface area contributed by atoms with E-state index in [1.165, 1.54) is 0 Å². The van der Waals surface area contributed by atoms with E-state index in [-0.39, 0.29) is 6.29 Å². The van der Waals surface area contributed by atoms with E-state index in [1.807, 2.05) is 6.92 Å². The molecular formula is C13H26O2. The SMILES string of the molecule is CC1OC(CC(C)(C)C)CC(C(C)C)O1. The molecule has 3 atom stereocenters. The van der Waals surface area contributed by atoms with Crippen molar-refractivity contribution in [3.8, 4) is 0 Å². The third-order valence-electron chi connectivity index (χ3n) is 2.83. The van der Waals surface area contributed by atoms with Gasteiger partial charge in [0.05, 0.1) is 12.2 Å². The van der Waals surface area contributed by atoms with Crippen molar-refractivity contribution in [3.63, 3.8) is 0 Å². The molecule has 90 valence electrons. The average molecular weight is 214 g/mol. The van der Waals surface area contributed by atoms with Crippen LogP contribution in [0.3, 0.4) is 0 Å². The molecule has 1 fully saturated rings. The van der Waals surface area contributed by atoms with E-state index < -0.39 is 0 Å². The minimum absolute atomic E-state index is 0.0431. The van der Waals surface area contributed by atoms with Crippen molar-refractivity contribution in [3.05, 3.63) is 0 Å². The molecule has 1 aliphatic heterocycles. The molecule has 1 aliphatic rings. The Morgan fingerprint density at radius 3 is 2.27 bits per heavy atom. The van der Waals surface area contributed by atoms with Gasteiger partial charge in [-0.3, -0.25) is 0 Å². The summed E-state index contributed by atoms with van der Waals surface area (Å²) < 4.78 is 11.6. The fourth-order valence-electron chi connectivity index (χ4n) is 2.16. The Morgan fingerprint density at radius 1 is 1.20 bits per heavy atom. The van der Waals surface area contributed by atoms with Crippen molar-refractivity contribution in [2.24, 2.45) is 11.3 Å². The quantitative estimate of drug-likeness (QED) is 0.699. The van der Waals surface area contributed by atoms with Gasteiger partial charge >= 0.3 is 0 Å². The molecule has 2 nitrogen and oxygen atoms in total. The summed E-state index contributed by atoms with van der Waals surface area (Å²) in [5, 5.41) is 0. The average Bonchev–Trinajstić information content (AvgIpc) is 1.99. The molecule has 0 bridgehead atoms. The second-order valence-electron chi connectivity index (χ2n) is 6.24. The van der Waals surface area contributed by atoms with Gasteiger partial charge in [-0.05, 0) is 24.7 Å². The monoisotopic (exact) mass is 214 g/mol. The van der Waals surface area contributed by atoms with Crippen molar-refractivity contribution < 1.29 is 9.47 Å². The Labute approximate surface area is 94.3 Å². The van der Waals surface area contributed by atoms with Crippen LogP contribution in [0.5, 0.6) is 0 Å². The zero-order valence-electron chi connectivity index (χ0n) is 11.0. The van der Waals surface area contributed by atoms with Crippen molar-refractivity contribution in [2.45, 2.75) is 72.9 Å². The smallest absolute Gasteiger partial charge is 0.155 e. The lowest BCUT2D eigenvalue weighted by molar-refractivity contribution is -0.246. The normalized spacial score (nSPS) is 33.4. The Balaban J connectivity index is 2.52. The van der Waals surface area contributed by atoms with Crippen LogP contribution in [0.25, 0.3) is 0 Å². The van der Waals surface area contributed by atoms with E-state index >= 15 is 0 Å². The fourth-order valence-corrected chi connectivity index (χ4v) is 2.16.